The van der Waals surface area contributed by atoms with E-state index in [2.05, 4.69) is 15.5 Å². The van der Waals surface area contributed by atoms with Gasteiger partial charge in [0.15, 0.2) is 0 Å². The summed E-state index contributed by atoms with van der Waals surface area (Å²) in [6.07, 6.45) is 0. The monoisotopic (exact) mass is 409 g/mol. The summed E-state index contributed by atoms with van der Waals surface area (Å²) in [6.45, 7) is 0. The molecule has 1 heterocycles. The zero-order valence-electron chi connectivity index (χ0n) is 14.4. The van der Waals surface area contributed by atoms with Gasteiger partial charge < -0.3 is 9.84 Å². The fourth-order valence-electron chi connectivity index (χ4n) is 2.67. The molecule has 7 heteroatoms. The average molecular weight is 410 g/mol. The first-order valence-electron chi connectivity index (χ1n) is 8.37. The number of anilines is 1. The molecule has 0 aliphatic carbocycles. The number of halogens is 2. The van der Waals surface area contributed by atoms with E-state index in [9.17, 15) is 4.79 Å². The smallest absolute Gasteiger partial charge is 0.259 e. The Morgan fingerprint density at radius 2 is 1.61 bits per heavy atom. The number of nitrogens with zero attached hydrogens (tertiary/aromatic N) is 2. The van der Waals surface area contributed by atoms with E-state index in [0.717, 1.165) is 5.56 Å². The van der Waals surface area contributed by atoms with Crippen LogP contribution in [0.5, 0.6) is 0 Å². The highest BCUT2D eigenvalue weighted by Crippen LogP contribution is 2.27. The number of para-hydroxylation sites is 1. The Morgan fingerprint density at radius 1 is 0.893 bits per heavy atom. The summed E-state index contributed by atoms with van der Waals surface area (Å²) in [7, 11) is 0. The number of hydrogen-bond donors (Lipinski definition) is 1. The normalized spacial score (nSPS) is 10.6. The van der Waals surface area contributed by atoms with Gasteiger partial charge in [0.05, 0.1) is 21.8 Å². The zero-order valence-corrected chi connectivity index (χ0v) is 15.9. The van der Waals surface area contributed by atoms with Gasteiger partial charge in [0.1, 0.15) is 0 Å². The zero-order chi connectivity index (χ0) is 19.5. The quantitative estimate of drug-likeness (QED) is 0.451. The number of rotatable bonds is 4. The number of hydrogen-bond acceptors (Lipinski definition) is 4. The average Bonchev–Trinajstić information content (AvgIpc) is 3.20. The Morgan fingerprint density at radius 3 is 2.39 bits per heavy atom. The van der Waals surface area contributed by atoms with Gasteiger partial charge in [0, 0.05) is 10.6 Å². The van der Waals surface area contributed by atoms with Gasteiger partial charge in [0.2, 0.25) is 5.82 Å². The molecule has 0 saturated heterocycles. The first-order valence-corrected chi connectivity index (χ1v) is 9.12. The van der Waals surface area contributed by atoms with Crippen molar-refractivity contribution < 1.29 is 9.32 Å². The molecule has 1 aromatic heterocycles. The summed E-state index contributed by atoms with van der Waals surface area (Å²) in [6, 6.07) is 21.1. The molecule has 0 atom stereocenters. The predicted molar refractivity (Wildman–Crippen MR) is 110 cm³/mol. The highest BCUT2D eigenvalue weighted by molar-refractivity contribution is 6.34. The molecular weight excluding hydrogens is 397 g/mol. The number of carbonyl (C=O) groups is 1. The van der Waals surface area contributed by atoms with Crippen LogP contribution < -0.4 is 5.32 Å². The van der Waals surface area contributed by atoms with E-state index in [0.29, 0.717) is 32.7 Å². The number of amides is 1. The molecule has 1 N–H and O–H groups in total. The van der Waals surface area contributed by atoms with Crippen molar-refractivity contribution in [1.29, 1.82) is 0 Å². The Kier molecular flexibility index (Phi) is 5.10. The lowest BCUT2D eigenvalue weighted by Crippen LogP contribution is -2.13. The second-order valence-electron chi connectivity index (χ2n) is 5.91. The van der Waals surface area contributed by atoms with Gasteiger partial charge in [-0.25, -0.2) is 0 Å². The largest absolute Gasteiger partial charge is 0.334 e. The Bertz CT molecular complexity index is 1140. The van der Waals surface area contributed by atoms with Crippen molar-refractivity contribution in [3.05, 3.63) is 88.4 Å². The van der Waals surface area contributed by atoms with E-state index in [-0.39, 0.29) is 11.8 Å². The van der Waals surface area contributed by atoms with Crippen LogP contribution in [0.3, 0.4) is 0 Å². The summed E-state index contributed by atoms with van der Waals surface area (Å²) in [5.41, 5.74) is 2.21. The van der Waals surface area contributed by atoms with Crippen molar-refractivity contribution in [3.8, 4) is 22.8 Å². The lowest BCUT2D eigenvalue weighted by atomic mass is 10.1. The minimum Gasteiger partial charge on any atom is -0.334 e. The van der Waals surface area contributed by atoms with Gasteiger partial charge in [-0.05, 0) is 48.5 Å². The fourth-order valence-corrected chi connectivity index (χ4v) is 2.98. The lowest BCUT2D eigenvalue weighted by Gasteiger charge is -2.09. The second kappa shape index (κ2) is 7.84. The predicted octanol–water partition coefficient (Wildman–Crippen LogP) is 5.96. The standard InChI is InChI=1S/C21H13Cl2N3O2/c22-14-11-9-13(10-12-14)19-25-21(28-26-19)16-6-2-1-5-15(16)20(27)24-18-8-4-3-7-17(18)23/h1-12H,(H,24,27). The highest BCUT2D eigenvalue weighted by Gasteiger charge is 2.18. The van der Waals surface area contributed by atoms with Crippen LogP contribution in [-0.4, -0.2) is 16.0 Å². The van der Waals surface area contributed by atoms with Crippen molar-refractivity contribution >= 4 is 34.8 Å². The summed E-state index contributed by atoms with van der Waals surface area (Å²) >= 11 is 12.0. The van der Waals surface area contributed by atoms with E-state index in [1.165, 1.54) is 0 Å². The number of carbonyl (C=O) groups excluding carboxylic acids is 1. The van der Waals surface area contributed by atoms with E-state index >= 15 is 0 Å². The maximum Gasteiger partial charge on any atom is 0.259 e. The third-order valence-electron chi connectivity index (χ3n) is 4.05. The van der Waals surface area contributed by atoms with Crippen molar-refractivity contribution in [3.63, 3.8) is 0 Å². The van der Waals surface area contributed by atoms with Crippen molar-refractivity contribution in [2.75, 3.05) is 5.32 Å². The molecule has 0 unspecified atom stereocenters. The molecule has 4 rings (SSSR count). The van der Waals surface area contributed by atoms with E-state index in [1.54, 1.807) is 72.8 Å². The Hall–Kier alpha value is -3.15. The molecule has 0 radical (unpaired) electrons. The fraction of sp³-hybridized carbons (Fsp3) is 0. The summed E-state index contributed by atoms with van der Waals surface area (Å²) in [4.78, 5) is 17.2. The number of benzene rings is 3. The van der Waals surface area contributed by atoms with Gasteiger partial charge in [-0.2, -0.15) is 4.98 Å². The minimum atomic E-state index is -0.324. The Labute approximate surface area is 170 Å². The van der Waals surface area contributed by atoms with Crippen LogP contribution in [0.2, 0.25) is 10.0 Å². The maximum absolute atomic E-state index is 12.8. The molecule has 1 amide bonds. The molecule has 5 nitrogen and oxygen atoms in total. The van der Waals surface area contributed by atoms with Crippen molar-refractivity contribution in [1.82, 2.24) is 10.1 Å². The van der Waals surface area contributed by atoms with Crippen LogP contribution >= 0.6 is 23.2 Å². The van der Waals surface area contributed by atoms with Crippen molar-refractivity contribution in [2.24, 2.45) is 0 Å². The summed E-state index contributed by atoms with van der Waals surface area (Å²) < 4.78 is 5.40. The second-order valence-corrected chi connectivity index (χ2v) is 6.75. The van der Waals surface area contributed by atoms with Crippen LogP contribution in [0.1, 0.15) is 10.4 Å². The molecule has 0 bridgehead atoms. The maximum atomic E-state index is 12.8. The van der Waals surface area contributed by atoms with Gasteiger partial charge in [-0.3, -0.25) is 4.79 Å². The molecule has 0 fully saturated rings. The molecule has 4 aromatic rings. The van der Waals surface area contributed by atoms with Gasteiger partial charge in [-0.1, -0.05) is 52.6 Å². The topological polar surface area (TPSA) is 68.0 Å². The van der Waals surface area contributed by atoms with Crippen molar-refractivity contribution in [2.45, 2.75) is 0 Å². The molecule has 0 saturated carbocycles. The molecule has 0 aliphatic heterocycles. The summed E-state index contributed by atoms with van der Waals surface area (Å²) in [5.74, 6) is 0.331. The van der Waals surface area contributed by atoms with Gasteiger partial charge in [0.25, 0.3) is 11.8 Å². The molecule has 138 valence electrons. The highest BCUT2D eigenvalue weighted by atomic mass is 35.5. The van der Waals surface area contributed by atoms with Crippen LogP contribution in [0.4, 0.5) is 5.69 Å². The van der Waals surface area contributed by atoms with Crippen LogP contribution in [0, 0.1) is 0 Å². The Balaban J connectivity index is 1.66. The molecule has 3 aromatic carbocycles. The van der Waals surface area contributed by atoms with Crippen LogP contribution in [-0.2, 0) is 0 Å². The van der Waals surface area contributed by atoms with E-state index in [1.807, 2.05) is 0 Å². The van der Waals surface area contributed by atoms with Gasteiger partial charge in [-0.15, -0.1) is 0 Å². The molecular formula is C21H13Cl2N3O2. The van der Waals surface area contributed by atoms with Crippen LogP contribution in [0.15, 0.2) is 77.3 Å². The molecule has 28 heavy (non-hydrogen) atoms. The summed E-state index contributed by atoms with van der Waals surface area (Å²) in [5, 5.41) is 7.89. The first kappa shape index (κ1) is 18.2. The first-order chi connectivity index (χ1) is 13.6. The van der Waals surface area contributed by atoms with E-state index in [4.69, 9.17) is 27.7 Å². The third-order valence-corrected chi connectivity index (χ3v) is 4.63. The number of aromatic nitrogens is 2. The number of nitrogens with one attached hydrogen (secondary N) is 1. The lowest BCUT2D eigenvalue weighted by molar-refractivity contribution is 0.102. The minimum absolute atomic E-state index is 0.245. The van der Waals surface area contributed by atoms with E-state index < -0.39 is 0 Å². The molecule has 0 aliphatic rings. The SMILES string of the molecule is O=C(Nc1ccccc1Cl)c1ccccc1-c1nc(-c2ccc(Cl)cc2)no1. The van der Waals surface area contributed by atoms with Gasteiger partial charge >= 0.3 is 0 Å². The molecule has 0 spiro atoms. The third kappa shape index (κ3) is 3.76. The van der Waals surface area contributed by atoms with Crippen LogP contribution in [0.25, 0.3) is 22.8 Å².